The van der Waals surface area contributed by atoms with Gasteiger partial charge in [-0.3, -0.25) is 4.99 Å². The second kappa shape index (κ2) is 5.98. The second-order valence-electron chi connectivity index (χ2n) is 3.62. The molecule has 5 heteroatoms. The number of benzene rings is 1. The first kappa shape index (κ1) is 13.2. The number of nitrogens with zero attached hydrogens (tertiary/aromatic N) is 2. The summed E-state index contributed by atoms with van der Waals surface area (Å²) in [5.74, 6) is 2.04. The first-order valence-electron chi connectivity index (χ1n) is 5.26. The van der Waals surface area contributed by atoms with E-state index >= 15 is 0 Å². The quantitative estimate of drug-likeness (QED) is 0.629. The van der Waals surface area contributed by atoms with Gasteiger partial charge in [0.15, 0.2) is 5.96 Å². The fraction of sp³-hybridized carbons (Fsp3) is 0.417. The zero-order chi connectivity index (χ0) is 12.8. The molecule has 0 radical (unpaired) electrons. The van der Waals surface area contributed by atoms with Crippen molar-refractivity contribution in [3.8, 4) is 11.5 Å². The van der Waals surface area contributed by atoms with Crippen molar-refractivity contribution in [2.45, 2.75) is 6.54 Å². The summed E-state index contributed by atoms with van der Waals surface area (Å²) in [7, 11) is 6.81. The molecule has 0 atom stereocenters. The molecule has 1 aromatic rings. The molecule has 5 nitrogen and oxygen atoms in total. The van der Waals surface area contributed by atoms with Crippen LogP contribution in [0.1, 0.15) is 5.56 Å². The summed E-state index contributed by atoms with van der Waals surface area (Å²) in [5.41, 5.74) is 6.75. The van der Waals surface area contributed by atoms with Gasteiger partial charge in [0.1, 0.15) is 11.5 Å². The molecular weight excluding hydrogens is 218 g/mol. The van der Waals surface area contributed by atoms with Gasteiger partial charge in [-0.05, 0) is 12.1 Å². The molecule has 0 aliphatic heterocycles. The Morgan fingerprint density at radius 2 is 2.06 bits per heavy atom. The topological polar surface area (TPSA) is 60.1 Å². The van der Waals surface area contributed by atoms with Crippen molar-refractivity contribution in [1.29, 1.82) is 0 Å². The average Bonchev–Trinajstić information content (AvgIpc) is 2.37. The number of aliphatic imine (C=N–C) groups is 1. The predicted molar refractivity (Wildman–Crippen MR) is 68.6 cm³/mol. The Bertz CT molecular complexity index is 405. The molecule has 94 valence electrons. The van der Waals surface area contributed by atoms with Crippen LogP contribution >= 0.6 is 0 Å². The maximum atomic E-state index is 5.72. The van der Waals surface area contributed by atoms with Gasteiger partial charge < -0.3 is 20.1 Å². The van der Waals surface area contributed by atoms with Gasteiger partial charge in [0.2, 0.25) is 0 Å². The largest absolute Gasteiger partial charge is 0.497 e. The second-order valence-corrected chi connectivity index (χ2v) is 3.62. The first-order valence-corrected chi connectivity index (χ1v) is 5.26. The van der Waals surface area contributed by atoms with E-state index in [0.717, 1.165) is 17.1 Å². The molecule has 0 bridgehead atoms. The van der Waals surface area contributed by atoms with E-state index in [9.17, 15) is 0 Å². The monoisotopic (exact) mass is 237 g/mol. The van der Waals surface area contributed by atoms with Gasteiger partial charge in [-0.25, -0.2) is 0 Å². The van der Waals surface area contributed by atoms with Gasteiger partial charge >= 0.3 is 0 Å². The van der Waals surface area contributed by atoms with Gasteiger partial charge in [-0.2, -0.15) is 0 Å². The van der Waals surface area contributed by atoms with E-state index in [1.165, 1.54) is 0 Å². The lowest BCUT2D eigenvalue weighted by atomic mass is 10.2. The molecule has 0 saturated heterocycles. The van der Waals surface area contributed by atoms with Gasteiger partial charge in [0.05, 0.1) is 14.2 Å². The lowest BCUT2D eigenvalue weighted by molar-refractivity contribution is 0.383. The molecule has 1 rings (SSSR count). The van der Waals surface area contributed by atoms with Crippen LogP contribution in [0.3, 0.4) is 0 Å². The Labute approximate surface area is 102 Å². The van der Waals surface area contributed by atoms with Crippen LogP contribution < -0.4 is 15.2 Å². The summed E-state index contributed by atoms with van der Waals surface area (Å²) >= 11 is 0. The standard InChI is InChI=1S/C12H19N3O2/c1-14-12(13)15(2)8-9-5-6-10(16-3)7-11(9)17-4/h5-7H,8H2,1-4H3,(H2,13,14). The number of nitrogens with two attached hydrogens (primary N) is 1. The Kier molecular flexibility index (Phi) is 4.63. The first-order chi connectivity index (χ1) is 8.12. The average molecular weight is 237 g/mol. The van der Waals surface area contributed by atoms with Gasteiger partial charge in [0, 0.05) is 32.3 Å². The number of rotatable bonds is 4. The highest BCUT2D eigenvalue weighted by atomic mass is 16.5. The van der Waals surface area contributed by atoms with Crippen molar-refractivity contribution < 1.29 is 9.47 Å². The van der Waals surface area contributed by atoms with Crippen molar-refractivity contribution in [2.24, 2.45) is 10.7 Å². The summed E-state index contributed by atoms with van der Waals surface area (Å²) in [6.45, 7) is 0.635. The van der Waals surface area contributed by atoms with Crippen molar-refractivity contribution in [3.05, 3.63) is 23.8 Å². The number of methoxy groups -OCH3 is 2. The number of hydrogen-bond acceptors (Lipinski definition) is 3. The third-order valence-corrected chi connectivity index (χ3v) is 2.52. The lowest BCUT2D eigenvalue weighted by Crippen LogP contribution is -2.33. The van der Waals surface area contributed by atoms with Gasteiger partial charge in [0.25, 0.3) is 0 Å². The minimum atomic E-state index is 0.489. The number of hydrogen-bond donors (Lipinski definition) is 1. The third-order valence-electron chi connectivity index (χ3n) is 2.52. The molecule has 0 aliphatic rings. The highest BCUT2D eigenvalue weighted by molar-refractivity contribution is 5.77. The Morgan fingerprint density at radius 3 is 2.59 bits per heavy atom. The van der Waals surface area contributed by atoms with Crippen molar-refractivity contribution in [3.63, 3.8) is 0 Å². The van der Waals surface area contributed by atoms with E-state index in [2.05, 4.69) is 4.99 Å². The summed E-state index contributed by atoms with van der Waals surface area (Å²) < 4.78 is 10.5. The Hall–Kier alpha value is -1.91. The van der Waals surface area contributed by atoms with Crippen LogP contribution in [0.5, 0.6) is 11.5 Å². The van der Waals surface area contributed by atoms with Crippen LogP contribution in [0.15, 0.2) is 23.2 Å². The summed E-state index contributed by atoms with van der Waals surface area (Å²) in [5, 5.41) is 0. The summed E-state index contributed by atoms with van der Waals surface area (Å²) in [6.07, 6.45) is 0. The molecule has 0 heterocycles. The molecule has 0 fully saturated rings. The van der Waals surface area contributed by atoms with Crippen LogP contribution in [-0.2, 0) is 6.54 Å². The van der Waals surface area contributed by atoms with Crippen LogP contribution in [0.25, 0.3) is 0 Å². The normalized spacial score (nSPS) is 11.2. The van der Waals surface area contributed by atoms with Crippen LogP contribution in [0, 0.1) is 0 Å². The maximum Gasteiger partial charge on any atom is 0.191 e. The molecule has 1 aromatic carbocycles. The molecule has 0 spiro atoms. The number of ether oxygens (including phenoxy) is 2. The summed E-state index contributed by atoms with van der Waals surface area (Å²) in [6, 6.07) is 5.70. The van der Waals surface area contributed by atoms with Crippen LogP contribution in [0.4, 0.5) is 0 Å². The Balaban J connectivity index is 2.91. The van der Waals surface area contributed by atoms with Crippen LogP contribution in [0.2, 0.25) is 0 Å². The van der Waals surface area contributed by atoms with Crippen molar-refractivity contribution >= 4 is 5.96 Å². The van der Waals surface area contributed by atoms with E-state index in [1.807, 2.05) is 30.1 Å². The highest BCUT2D eigenvalue weighted by Crippen LogP contribution is 2.25. The zero-order valence-electron chi connectivity index (χ0n) is 10.7. The lowest BCUT2D eigenvalue weighted by Gasteiger charge is -2.19. The molecule has 2 N–H and O–H groups in total. The maximum absolute atomic E-state index is 5.72. The van der Waals surface area contributed by atoms with E-state index in [0.29, 0.717) is 12.5 Å². The minimum Gasteiger partial charge on any atom is -0.497 e. The number of guanidine groups is 1. The van der Waals surface area contributed by atoms with E-state index in [-0.39, 0.29) is 0 Å². The Morgan fingerprint density at radius 1 is 1.35 bits per heavy atom. The van der Waals surface area contributed by atoms with E-state index in [1.54, 1.807) is 21.3 Å². The molecule has 0 aliphatic carbocycles. The molecule has 0 unspecified atom stereocenters. The van der Waals surface area contributed by atoms with Crippen molar-refractivity contribution in [2.75, 3.05) is 28.3 Å². The highest BCUT2D eigenvalue weighted by Gasteiger charge is 2.08. The molecular formula is C12H19N3O2. The molecule has 0 amide bonds. The van der Waals surface area contributed by atoms with E-state index < -0.39 is 0 Å². The fourth-order valence-corrected chi connectivity index (χ4v) is 1.49. The SMILES string of the molecule is CN=C(N)N(C)Cc1ccc(OC)cc1OC. The molecule has 0 saturated carbocycles. The van der Waals surface area contributed by atoms with Gasteiger partial charge in [-0.1, -0.05) is 0 Å². The predicted octanol–water partition coefficient (Wildman–Crippen LogP) is 1.08. The van der Waals surface area contributed by atoms with Gasteiger partial charge in [-0.15, -0.1) is 0 Å². The summed E-state index contributed by atoms with van der Waals surface area (Å²) in [4.78, 5) is 5.78. The van der Waals surface area contributed by atoms with Crippen LogP contribution in [-0.4, -0.2) is 39.2 Å². The zero-order valence-corrected chi connectivity index (χ0v) is 10.7. The van der Waals surface area contributed by atoms with Crippen molar-refractivity contribution in [1.82, 2.24) is 4.90 Å². The smallest absolute Gasteiger partial charge is 0.191 e. The molecule has 0 aromatic heterocycles. The van der Waals surface area contributed by atoms with E-state index in [4.69, 9.17) is 15.2 Å². The third kappa shape index (κ3) is 3.27. The minimum absolute atomic E-state index is 0.489. The fourth-order valence-electron chi connectivity index (χ4n) is 1.49. The molecule has 17 heavy (non-hydrogen) atoms.